The molecule has 2 saturated heterocycles. The number of nitriles is 1. The number of aromatic nitrogens is 1. The first-order chi connectivity index (χ1) is 20.1. The molecule has 3 heterocycles. The van der Waals surface area contributed by atoms with Crippen molar-refractivity contribution in [1.82, 2.24) is 14.8 Å². The van der Waals surface area contributed by atoms with E-state index in [9.17, 15) is 10.1 Å². The van der Waals surface area contributed by atoms with Crippen LogP contribution in [0.2, 0.25) is 0 Å². The summed E-state index contributed by atoms with van der Waals surface area (Å²) in [4.78, 5) is 23.7. The third-order valence-corrected chi connectivity index (χ3v) is 8.95. The van der Waals surface area contributed by atoms with Gasteiger partial charge in [-0.2, -0.15) is 5.26 Å². The molecule has 0 unspecified atom stereocenters. The van der Waals surface area contributed by atoms with Crippen LogP contribution in [0, 0.1) is 17.2 Å². The number of hydrogen-bond donors (Lipinski definition) is 1. The zero-order valence-corrected chi connectivity index (χ0v) is 23.8. The summed E-state index contributed by atoms with van der Waals surface area (Å²) in [5, 5.41) is 10.4. The van der Waals surface area contributed by atoms with E-state index in [4.69, 9.17) is 0 Å². The van der Waals surface area contributed by atoms with Crippen molar-refractivity contribution < 1.29 is 4.79 Å². The van der Waals surface area contributed by atoms with Gasteiger partial charge in [-0.1, -0.05) is 30.3 Å². The number of likely N-dealkylation sites (tertiary alicyclic amines) is 1. The van der Waals surface area contributed by atoms with Crippen molar-refractivity contribution in [2.75, 3.05) is 44.2 Å². The minimum absolute atomic E-state index is 0.270. The van der Waals surface area contributed by atoms with E-state index in [2.05, 4.69) is 74.4 Å². The Labute approximate surface area is 243 Å². The summed E-state index contributed by atoms with van der Waals surface area (Å²) in [5.41, 5.74) is 6.43. The molecule has 210 valence electrons. The number of fused-ring (bicyclic) bond motifs is 1. The Kier molecular flexibility index (Phi) is 8.46. The number of aromatic amines is 1. The third-order valence-electron chi connectivity index (χ3n) is 8.95. The van der Waals surface area contributed by atoms with Gasteiger partial charge in [-0.05, 0) is 91.9 Å². The van der Waals surface area contributed by atoms with Gasteiger partial charge < -0.3 is 9.88 Å². The lowest BCUT2D eigenvalue weighted by molar-refractivity contribution is 0.0961. The molecule has 6 heteroatoms. The minimum Gasteiger partial charge on any atom is -0.369 e. The van der Waals surface area contributed by atoms with Crippen molar-refractivity contribution in [3.05, 3.63) is 101 Å². The lowest BCUT2D eigenvalue weighted by Crippen LogP contribution is -2.45. The first-order valence-corrected chi connectivity index (χ1v) is 15.0. The van der Waals surface area contributed by atoms with Crippen molar-refractivity contribution >= 4 is 22.4 Å². The van der Waals surface area contributed by atoms with Crippen LogP contribution < -0.4 is 4.90 Å². The summed E-state index contributed by atoms with van der Waals surface area (Å²) in [6, 6.07) is 27.1. The smallest absolute Gasteiger partial charge is 0.162 e. The number of nitrogens with zero attached hydrogens (tertiary/aromatic N) is 4. The first-order valence-electron chi connectivity index (χ1n) is 15.0. The quantitative estimate of drug-likeness (QED) is 0.252. The highest BCUT2D eigenvalue weighted by Gasteiger charge is 2.21. The third kappa shape index (κ3) is 6.70. The maximum Gasteiger partial charge on any atom is 0.162 e. The van der Waals surface area contributed by atoms with Crippen LogP contribution in [0.4, 0.5) is 5.69 Å². The Hall–Kier alpha value is -3.92. The van der Waals surface area contributed by atoms with Gasteiger partial charge in [0.25, 0.3) is 0 Å². The van der Waals surface area contributed by atoms with Gasteiger partial charge in [0, 0.05) is 74.0 Å². The SMILES string of the molecule is N#Cc1ccc2[nH]cc(CN3CCN(c4ccc(C(=O)CCC5CCN(Cc6ccccc6)CC5)cc4)CC3)c2c1. The number of benzene rings is 3. The van der Waals surface area contributed by atoms with E-state index in [1.54, 1.807) is 0 Å². The molecule has 4 aromatic rings. The number of carbonyl (C=O) groups is 1. The molecule has 0 radical (unpaired) electrons. The van der Waals surface area contributed by atoms with Gasteiger partial charge in [-0.15, -0.1) is 0 Å². The number of anilines is 1. The molecule has 6 rings (SSSR count). The van der Waals surface area contributed by atoms with Crippen molar-refractivity contribution in [2.45, 2.75) is 38.8 Å². The molecule has 0 amide bonds. The molecule has 1 aromatic heterocycles. The highest BCUT2D eigenvalue weighted by Crippen LogP contribution is 2.26. The number of piperazine rings is 1. The largest absolute Gasteiger partial charge is 0.369 e. The molecule has 2 fully saturated rings. The first kappa shape index (κ1) is 27.3. The summed E-state index contributed by atoms with van der Waals surface area (Å²) in [7, 11) is 0. The highest BCUT2D eigenvalue weighted by atomic mass is 16.1. The number of hydrogen-bond acceptors (Lipinski definition) is 5. The Morgan fingerprint density at radius 1 is 0.854 bits per heavy atom. The Balaban J connectivity index is 0.940. The van der Waals surface area contributed by atoms with E-state index in [0.29, 0.717) is 17.9 Å². The van der Waals surface area contributed by atoms with Gasteiger partial charge in [0.2, 0.25) is 0 Å². The molecule has 0 aliphatic carbocycles. The second-order valence-electron chi connectivity index (χ2n) is 11.7. The van der Waals surface area contributed by atoms with E-state index < -0.39 is 0 Å². The molecule has 0 bridgehead atoms. The van der Waals surface area contributed by atoms with Crippen molar-refractivity contribution in [3.63, 3.8) is 0 Å². The summed E-state index contributed by atoms with van der Waals surface area (Å²) in [5.74, 6) is 0.922. The number of nitrogens with one attached hydrogen (secondary N) is 1. The zero-order valence-electron chi connectivity index (χ0n) is 23.8. The summed E-state index contributed by atoms with van der Waals surface area (Å²) in [6.45, 7) is 8.04. The molecule has 2 aliphatic heterocycles. The fraction of sp³-hybridized carbons (Fsp3) is 0.371. The van der Waals surface area contributed by atoms with Crippen LogP contribution in [0.15, 0.2) is 79.0 Å². The van der Waals surface area contributed by atoms with Gasteiger partial charge >= 0.3 is 0 Å². The summed E-state index contributed by atoms with van der Waals surface area (Å²) in [6.07, 6.45) is 6.09. The minimum atomic E-state index is 0.270. The van der Waals surface area contributed by atoms with Gasteiger partial charge in [-0.25, -0.2) is 0 Å². The molecule has 0 saturated carbocycles. The highest BCUT2D eigenvalue weighted by molar-refractivity contribution is 5.96. The van der Waals surface area contributed by atoms with Gasteiger partial charge in [0.1, 0.15) is 0 Å². The Bertz CT molecular complexity index is 1490. The second-order valence-corrected chi connectivity index (χ2v) is 11.7. The topological polar surface area (TPSA) is 66.4 Å². The number of ketones is 1. The van der Waals surface area contributed by atoms with Crippen LogP contribution in [0.1, 0.15) is 52.7 Å². The lowest BCUT2D eigenvalue weighted by atomic mass is 9.90. The molecule has 6 nitrogen and oxygen atoms in total. The standard InChI is InChI=1S/C35H39N5O/c36-23-29-6-12-34-33(22-29)31(24-37-34)26-39-18-20-40(21-19-39)32-10-8-30(9-11-32)35(41)13-7-27-14-16-38(17-15-27)25-28-4-2-1-3-5-28/h1-6,8-12,22,24,27,37H,7,13-21,25-26H2. The average molecular weight is 546 g/mol. The Morgan fingerprint density at radius 3 is 2.32 bits per heavy atom. The maximum atomic E-state index is 13.0. The van der Waals surface area contributed by atoms with Crippen molar-refractivity contribution in [1.29, 1.82) is 5.26 Å². The number of carbonyl (C=O) groups excluding carboxylic acids is 1. The van der Waals surface area contributed by atoms with Gasteiger partial charge in [0.15, 0.2) is 5.78 Å². The van der Waals surface area contributed by atoms with E-state index in [-0.39, 0.29) is 5.78 Å². The van der Waals surface area contributed by atoms with E-state index >= 15 is 0 Å². The molecule has 0 atom stereocenters. The predicted molar refractivity (Wildman–Crippen MR) is 165 cm³/mol. The summed E-state index contributed by atoms with van der Waals surface area (Å²) >= 11 is 0. The number of rotatable bonds is 9. The van der Waals surface area contributed by atoms with E-state index in [0.717, 1.165) is 75.2 Å². The van der Waals surface area contributed by atoms with Crippen LogP contribution in [-0.4, -0.2) is 59.8 Å². The van der Waals surface area contributed by atoms with Crippen LogP contribution in [0.5, 0.6) is 0 Å². The Morgan fingerprint density at radius 2 is 1.59 bits per heavy atom. The molecule has 3 aromatic carbocycles. The fourth-order valence-electron chi connectivity index (χ4n) is 6.40. The number of piperidine rings is 1. The predicted octanol–water partition coefficient (Wildman–Crippen LogP) is 6.24. The summed E-state index contributed by atoms with van der Waals surface area (Å²) < 4.78 is 0. The molecule has 2 aliphatic rings. The second kappa shape index (κ2) is 12.7. The van der Waals surface area contributed by atoms with E-state index in [1.807, 2.05) is 30.3 Å². The fourth-order valence-corrected chi connectivity index (χ4v) is 6.40. The van der Waals surface area contributed by atoms with Gasteiger partial charge in [-0.3, -0.25) is 14.6 Å². The lowest BCUT2D eigenvalue weighted by Gasteiger charge is -2.36. The van der Waals surface area contributed by atoms with Crippen molar-refractivity contribution in [3.8, 4) is 6.07 Å². The monoisotopic (exact) mass is 545 g/mol. The van der Waals surface area contributed by atoms with Crippen LogP contribution in [0.25, 0.3) is 10.9 Å². The average Bonchev–Trinajstić information content (AvgIpc) is 3.43. The molecule has 41 heavy (non-hydrogen) atoms. The van der Waals surface area contributed by atoms with Crippen LogP contribution in [-0.2, 0) is 13.1 Å². The van der Waals surface area contributed by atoms with Crippen LogP contribution >= 0.6 is 0 Å². The van der Waals surface area contributed by atoms with Crippen molar-refractivity contribution in [2.24, 2.45) is 5.92 Å². The normalized spacial score (nSPS) is 17.1. The maximum absolute atomic E-state index is 13.0. The molecular weight excluding hydrogens is 506 g/mol. The molecule has 0 spiro atoms. The zero-order chi connectivity index (χ0) is 28.0. The molecular formula is C35H39N5O. The van der Waals surface area contributed by atoms with E-state index in [1.165, 1.54) is 29.7 Å². The van der Waals surface area contributed by atoms with Gasteiger partial charge in [0.05, 0.1) is 11.6 Å². The molecule has 1 N–H and O–H groups in total. The number of H-pyrrole nitrogens is 1. The number of Topliss-reactive ketones (excluding diaryl/α,β-unsaturated/α-hetero) is 1. The van der Waals surface area contributed by atoms with Crippen LogP contribution in [0.3, 0.4) is 0 Å².